The maximum absolute atomic E-state index is 5.65. The first-order valence-electron chi connectivity index (χ1n) is 7.59. The van der Waals surface area contributed by atoms with Crippen molar-refractivity contribution in [2.45, 2.75) is 20.5 Å². The Kier molecular flexibility index (Phi) is 5.08. The molecule has 7 nitrogen and oxygen atoms in total. The van der Waals surface area contributed by atoms with Crippen molar-refractivity contribution in [3.63, 3.8) is 0 Å². The van der Waals surface area contributed by atoms with Gasteiger partial charge in [0, 0.05) is 4.88 Å². The minimum atomic E-state index is 0.177. The van der Waals surface area contributed by atoms with Crippen molar-refractivity contribution in [2.24, 2.45) is 0 Å². The molecule has 0 amide bonds. The van der Waals surface area contributed by atoms with E-state index in [9.17, 15) is 0 Å². The van der Waals surface area contributed by atoms with Crippen molar-refractivity contribution in [1.29, 1.82) is 0 Å². The van der Waals surface area contributed by atoms with Crippen LogP contribution in [-0.4, -0.2) is 34.4 Å². The highest BCUT2D eigenvalue weighted by molar-refractivity contribution is 7.11. The van der Waals surface area contributed by atoms with Gasteiger partial charge in [0.1, 0.15) is 28.8 Å². The lowest BCUT2D eigenvalue weighted by Gasteiger charge is -2.12. The zero-order chi connectivity index (χ0) is 17.8. The van der Waals surface area contributed by atoms with Crippen LogP contribution in [0.15, 0.2) is 24.4 Å². The van der Waals surface area contributed by atoms with Crippen molar-refractivity contribution < 1.29 is 14.2 Å². The van der Waals surface area contributed by atoms with Gasteiger partial charge >= 0.3 is 6.01 Å². The molecule has 0 radical (unpaired) electrons. The molecule has 0 bridgehead atoms. The zero-order valence-electron chi connectivity index (χ0n) is 14.4. The number of aromatic nitrogens is 4. The molecule has 0 spiro atoms. The van der Waals surface area contributed by atoms with Crippen molar-refractivity contribution >= 4 is 11.3 Å². The van der Waals surface area contributed by atoms with Crippen LogP contribution in [0.1, 0.15) is 15.6 Å². The Morgan fingerprint density at radius 3 is 2.36 bits per heavy atom. The van der Waals surface area contributed by atoms with Crippen molar-refractivity contribution in [3.05, 3.63) is 40.0 Å². The van der Waals surface area contributed by atoms with Gasteiger partial charge in [-0.15, -0.1) is 11.3 Å². The summed E-state index contributed by atoms with van der Waals surface area (Å²) in [4.78, 5) is 10.0. The van der Waals surface area contributed by atoms with Gasteiger partial charge < -0.3 is 14.2 Å². The van der Waals surface area contributed by atoms with Crippen LogP contribution in [0.4, 0.5) is 0 Å². The number of hydrogen-bond donors (Lipinski definition) is 0. The second-order valence-corrected chi connectivity index (χ2v) is 6.49. The summed E-state index contributed by atoms with van der Waals surface area (Å²) in [5, 5.41) is 8.79. The van der Waals surface area contributed by atoms with Crippen LogP contribution in [0.2, 0.25) is 0 Å². The molecule has 0 fully saturated rings. The highest BCUT2D eigenvalue weighted by atomic mass is 32.1. The number of rotatable bonds is 6. The lowest BCUT2D eigenvalue weighted by molar-refractivity contribution is 0.276. The molecule has 3 rings (SSSR count). The third kappa shape index (κ3) is 3.69. The van der Waals surface area contributed by atoms with Crippen LogP contribution >= 0.6 is 11.3 Å². The molecule has 3 aromatic rings. The lowest BCUT2D eigenvalue weighted by Crippen LogP contribution is -2.02. The molecule has 0 aliphatic rings. The van der Waals surface area contributed by atoms with E-state index in [4.69, 9.17) is 14.2 Å². The first-order valence-corrected chi connectivity index (χ1v) is 8.40. The number of hydrogen-bond acceptors (Lipinski definition) is 8. The van der Waals surface area contributed by atoms with Crippen molar-refractivity contribution in [1.82, 2.24) is 20.2 Å². The van der Waals surface area contributed by atoms with Gasteiger partial charge in [-0.3, -0.25) is 0 Å². The molecule has 0 unspecified atom stereocenters. The number of methoxy groups -OCH3 is 2. The molecule has 0 N–H and O–H groups in total. The summed E-state index contributed by atoms with van der Waals surface area (Å²) in [7, 11) is 3.19. The predicted octanol–water partition coefficient (Wildman–Crippen LogP) is 3.21. The van der Waals surface area contributed by atoms with E-state index in [0.717, 1.165) is 10.7 Å². The molecule has 0 aliphatic carbocycles. The van der Waals surface area contributed by atoms with Gasteiger partial charge in [0.2, 0.25) is 0 Å². The molecular weight excluding hydrogens is 340 g/mol. The maximum Gasteiger partial charge on any atom is 0.336 e. The third-order valence-electron chi connectivity index (χ3n) is 3.62. The SMILES string of the molecule is COc1cccc(OC)c1-c1cnnc(OCc2nc(C)c(C)s2)n1. The number of benzene rings is 1. The fraction of sp³-hybridized carbons (Fsp3) is 0.294. The highest BCUT2D eigenvalue weighted by Crippen LogP contribution is 2.37. The fourth-order valence-corrected chi connectivity index (χ4v) is 3.15. The standard InChI is InChI=1S/C17H18N4O3S/c1-10-11(2)25-15(19-10)9-24-17-20-12(8-18-21-17)16-13(22-3)6-5-7-14(16)23-4/h5-8H,9H2,1-4H3. The Labute approximate surface area is 149 Å². The minimum absolute atomic E-state index is 0.177. The third-order valence-corrected chi connectivity index (χ3v) is 4.67. The van der Waals surface area contributed by atoms with Crippen LogP contribution in [0.5, 0.6) is 17.5 Å². The second-order valence-electron chi connectivity index (χ2n) is 5.20. The number of nitrogens with zero attached hydrogens (tertiary/aromatic N) is 4. The van der Waals surface area contributed by atoms with E-state index >= 15 is 0 Å². The Balaban J connectivity index is 1.87. The Morgan fingerprint density at radius 2 is 1.76 bits per heavy atom. The van der Waals surface area contributed by atoms with Gasteiger partial charge in [-0.2, -0.15) is 10.1 Å². The summed E-state index contributed by atoms with van der Waals surface area (Å²) in [6.45, 7) is 4.30. The quantitative estimate of drug-likeness (QED) is 0.669. The first kappa shape index (κ1) is 17.1. The molecule has 25 heavy (non-hydrogen) atoms. The summed E-state index contributed by atoms with van der Waals surface area (Å²) in [5.74, 6) is 1.27. The molecular formula is C17H18N4O3S. The fourth-order valence-electron chi connectivity index (χ4n) is 2.30. The summed E-state index contributed by atoms with van der Waals surface area (Å²) in [5.41, 5.74) is 2.27. The summed E-state index contributed by atoms with van der Waals surface area (Å²) >= 11 is 1.59. The average Bonchev–Trinajstić information content (AvgIpc) is 2.97. The van der Waals surface area contributed by atoms with Gasteiger partial charge in [0.25, 0.3) is 0 Å². The second kappa shape index (κ2) is 7.43. The van der Waals surface area contributed by atoms with Crippen LogP contribution in [0.3, 0.4) is 0 Å². The van der Waals surface area contributed by atoms with Gasteiger partial charge in [-0.05, 0) is 26.0 Å². The van der Waals surface area contributed by atoms with E-state index in [2.05, 4.69) is 20.2 Å². The van der Waals surface area contributed by atoms with Crippen LogP contribution in [0.25, 0.3) is 11.3 Å². The van der Waals surface area contributed by atoms with Gasteiger partial charge in [-0.25, -0.2) is 4.98 Å². The predicted molar refractivity (Wildman–Crippen MR) is 94.3 cm³/mol. The van der Waals surface area contributed by atoms with E-state index in [0.29, 0.717) is 29.4 Å². The molecule has 0 saturated carbocycles. The van der Waals surface area contributed by atoms with Crippen molar-refractivity contribution in [3.8, 4) is 28.8 Å². The smallest absolute Gasteiger partial charge is 0.336 e. The molecule has 8 heteroatoms. The summed E-state index contributed by atoms with van der Waals surface area (Å²) < 4.78 is 16.5. The monoisotopic (exact) mass is 358 g/mol. The summed E-state index contributed by atoms with van der Waals surface area (Å²) in [6, 6.07) is 5.69. The van der Waals surface area contributed by atoms with Gasteiger partial charge in [-0.1, -0.05) is 11.2 Å². The van der Waals surface area contributed by atoms with Crippen molar-refractivity contribution in [2.75, 3.05) is 14.2 Å². The topological polar surface area (TPSA) is 79.2 Å². The highest BCUT2D eigenvalue weighted by Gasteiger charge is 2.16. The van der Waals surface area contributed by atoms with E-state index in [1.165, 1.54) is 4.88 Å². The first-order chi connectivity index (χ1) is 12.1. The lowest BCUT2D eigenvalue weighted by atomic mass is 10.1. The molecule has 2 aromatic heterocycles. The zero-order valence-corrected chi connectivity index (χ0v) is 15.3. The van der Waals surface area contributed by atoms with E-state index in [1.54, 1.807) is 31.8 Å². The van der Waals surface area contributed by atoms with E-state index in [-0.39, 0.29) is 6.01 Å². The molecule has 2 heterocycles. The number of aryl methyl sites for hydroxylation is 2. The van der Waals surface area contributed by atoms with E-state index in [1.807, 2.05) is 32.0 Å². The maximum atomic E-state index is 5.65. The number of thiazole rings is 1. The Morgan fingerprint density at radius 1 is 1.04 bits per heavy atom. The summed E-state index contributed by atoms with van der Waals surface area (Å²) in [6.07, 6.45) is 1.55. The molecule has 0 aliphatic heterocycles. The normalized spacial score (nSPS) is 10.6. The van der Waals surface area contributed by atoms with Gasteiger partial charge in [0.15, 0.2) is 0 Å². The molecule has 130 valence electrons. The number of ether oxygens (including phenoxy) is 3. The molecule has 0 saturated heterocycles. The Bertz CT molecular complexity index is 840. The van der Waals surface area contributed by atoms with E-state index < -0.39 is 0 Å². The van der Waals surface area contributed by atoms with Crippen LogP contribution in [-0.2, 0) is 6.61 Å². The Hall–Kier alpha value is -2.74. The van der Waals surface area contributed by atoms with Crippen LogP contribution < -0.4 is 14.2 Å². The average molecular weight is 358 g/mol. The molecule has 0 atom stereocenters. The minimum Gasteiger partial charge on any atom is -0.496 e. The largest absolute Gasteiger partial charge is 0.496 e. The van der Waals surface area contributed by atoms with Crippen LogP contribution in [0, 0.1) is 13.8 Å². The van der Waals surface area contributed by atoms with Gasteiger partial charge in [0.05, 0.1) is 31.7 Å². The molecule has 1 aromatic carbocycles.